The van der Waals surface area contributed by atoms with Gasteiger partial charge in [0.15, 0.2) is 0 Å². The Morgan fingerprint density at radius 1 is 0.864 bits per heavy atom. The van der Waals surface area contributed by atoms with E-state index in [9.17, 15) is 33.5 Å². The minimum absolute atomic E-state index is 0.0352. The zero-order valence-electron chi connectivity index (χ0n) is 35.7. The number of hydrogen-bond donors (Lipinski definition) is 4. The average Bonchev–Trinajstić information content (AvgIpc) is 3.52. The van der Waals surface area contributed by atoms with Crippen molar-refractivity contribution in [1.82, 2.24) is 20.1 Å². The number of benzene rings is 2. The van der Waals surface area contributed by atoms with Crippen LogP contribution in [0.5, 0.6) is 0 Å². The van der Waals surface area contributed by atoms with Crippen LogP contribution in [0.3, 0.4) is 0 Å². The number of carbonyl (C=O) groups excluding carboxylic acids is 5. The van der Waals surface area contributed by atoms with Gasteiger partial charge in [0.25, 0.3) is 0 Å². The van der Waals surface area contributed by atoms with Gasteiger partial charge in [0.1, 0.15) is 35.5 Å². The zero-order chi connectivity index (χ0) is 44.3. The highest BCUT2D eigenvalue weighted by Gasteiger charge is 2.37. The molecule has 324 valence electrons. The SMILES string of the molecule is CC(C)(C)OC(=O)CC[C@@H](NC(=O)CCNC(=O)[C@@H](N)CCN(C(=O)CO)C(c1cc(-c2cc(F)ccc2F)cn1Cc1ccccc1)C(C)(C)C)C(=O)OC(C)(C)C. The molecule has 0 bridgehead atoms. The summed E-state index contributed by atoms with van der Waals surface area (Å²) in [6, 6.07) is 11.4. The van der Waals surface area contributed by atoms with Crippen molar-refractivity contribution in [2.24, 2.45) is 11.1 Å². The molecule has 0 saturated heterocycles. The first kappa shape index (κ1) is 48.2. The second kappa shape index (κ2) is 20.7. The van der Waals surface area contributed by atoms with Crippen molar-refractivity contribution in [3.05, 3.63) is 83.7 Å². The van der Waals surface area contributed by atoms with Gasteiger partial charge in [-0.05, 0) is 89.6 Å². The number of nitrogens with two attached hydrogens (primary N) is 1. The molecule has 3 atom stereocenters. The van der Waals surface area contributed by atoms with Crippen LogP contribution in [0.2, 0.25) is 0 Å². The lowest BCUT2D eigenvalue weighted by atomic mass is 9.82. The van der Waals surface area contributed by atoms with Gasteiger partial charge in [0.05, 0.1) is 12.1 Å². The zero-order valence-corrected chi connectivity index (χ0v) is 35.7. The van der Waals surface area contributed by atoms with Crippen LogP contribution < -0.4 is 16.4 Å². The topological polar surface area (TPSA) is 182 Å². The van der Waals surface area contributed by atoms with Crippen LogP contribution in [0.15, 0.2) is 60.8 Å². The standard InChI is InChI=1S/C44H61F2N5O8/c1-42(2,3)39(35-23-29(31-24-30(45)15-16-32(31)46)26-50(35)25-28-13-11-10-12-14-28)51(37(54)27-52)22-20-33(47)40(56)48-21-19-36(53)49-34(41(57)59-44(7,8)9)17-18-38(55)58-43(4,5)6/h10-16,23-24,26,33-34,39,52H,17-22,25,27,47H2,1-9H3,(H,48,56)(H,49,53)/t33-,34+,39?/m0/s1. The number of aliphatic hydroxyl groups excluding tert-OH is 1. The van der Waals surface area contributed by atoms with E-state index in [4.69, 9.17) is 15.2 Å². The summed E-state index contributed by atoms with van der Waals surface area (Å²) in [5.41, 5.74) is 5.97. The Morgan fingerprint density at radius 3 is 2.10 bits per heavy atom. The van der Waals surface area contributed by atoms with Gasteiger partial charge in [-0.3, -0.25) is 19.2 Å². The number of aromatic nitrogens is 1. The fourth-order valence-corrected chi connectivity index (χ4v) is 6.48. The number of amides is 3. The molecule has 0 spiro atoms. The summed E-state index contributed by atoms with van der Waals surface area (Å²) >= 11 is 0. The molecule has 0 fully saturated rings. The predicted molar refractivity (Wildman–Crippen MR) is 219 cm³/mol. The van der Waals surface area contributed by atoms with Crippen molar-refractivity contribution in [2.75, 3.05) is 19.7 Å². The van der Waals surface area contributed by atoms with Crippen molar-refractivity contribution < 1.29 is 47.3 Å². The van der Waals surface area contributed by atoms with Crippen molar-refractivity contribution in [2.45, 2.75) is 124 Å². The van der Waals surface area contributed by atoms with E-state index in [0.717, 1.165) is 23.8 Å². The number of halogens is 2. The van der Waals surface area contributed by atoms with Gasteiger partial charge in [-0.1, -0.05) is 51.1 Å². The number of carbonyl (C=O) groups is 5. The Labute approximate surface area is 346 Å². The Morgan fingerprint density at radius 2 is 1.51 bits per heavy atom. The van der Waals surface area contributed by atoms with Gasteiger partial charge in [0, 0.05) is 55.5 Å². The van der Waals surface area contributed by atoms with Crippen molar-refractivity contribution in [1.29, 1.82) is 0 Å². The molecule has 0 aliphatic carbocycles. The van der Waals surface area contributed by atoms with E-state index in [1.807, 2.05) is 55.7 Å². The Balaban J connectivity index is 1.76. The molecule has 0 saturated carbocycles. The maximum Gasteiger partial charge on any atom is 0.329 e. The van der Waals surface area contributed by atoms with E-state index in [1.54, 1.807) is 53.8 Å². The average molecular weight is 826 g/mol. The monoisotopic (exact) mass is 825 g/mol. The quantitative estimate of drug-likeness (QED) is 0.119. The van der Waals surface area contributed by atoms with Crippen molar-refractivity contribution in [3.63, 3.8) is 0 Å². The second-order valence-corrected chi connectivity index (χ2v) is 17.6. The molecule has 15 heteroatoms. The predicted octanol–water partition coefficient (Wildman–Crippen LogP) is 5.56. The Hall–Kier alpha value is -5.15. The van der Waals surface area contributed by atoms with Gasteiger partial charge in [0.2, 0.25) is 17.7 Å². The van der Waals surface area contributed by atoms with Crippen LogP contribution in [-0.2, 0) is 40.0 Å². The number of hydrogen-bond acceptors (Lipinski definition) is 9. The largest absolute Gasteiger partial charge is 0.460 e. The van der Waals surface area contributed by atoms with Crippen LogP contribution >= 0.6 is 0 Å². The third-order valence-corrected chi connectivity index (χ3v) is 8.99. The van der Waals surface area contributed by atoms with Crippen LogP contribution in [-0.4, -0.2) is 87.2 Å². The molecular weight excluding hydrogens is 765 g/mol. The molecule has 59 heavy (non-hydrogen) atoms. The summed E-state index contributed by atoms with van der Waals surface area (Å²) in [7, 11) is 0. The van der Waals surface area contributed by atoms with Crippen LogP contribution in [0.4, 0.5) is 8.78 Å². The molecule has 5 N–H and O–H groups in total. The first-order chi connectivity index (χ1) is 27.4. The maximum absolute atomic E-state index is 15.1. The fourth-order valence-electron chi connectivity index (χ4n) is 6.48. The van der Waals surface area contributed by atoms with E-state index in [0.29, 0.717) is 17.8 Å². The van der Waals surface area contributed by atoms with Gasteiger partial charge >= 0.3 is 11.9 Å². The molecule has 13 nitrogen and oxygen atoms in total. The molecule has 0 aliphatic rings. The van der Waals surface area contributed by atoms with E-state index < -0.39 is 82.6 Å². The fraction of sp³-hybridized carbons (Fsp3) is 0.523. The lowest BCUT2D eigenvalue weighted by molar-refractivity contribution is -0.160. The normalized spacial score (nSPS) is 13.5. The Bertz CT molecular complexity index is 1910. The smallest absolute Gasteiger partial charge is 0.329 e. The van der Waals surface area contributed by atoms with Crippen LogP contribution in [0.1, 0.15) is 105 Å². The lowest BCUT2D eigenvalue weighted by Gasteiger charge is -2.41. The molecule has 1 heterocycles. The molecule has 0 aliphatic heterocycles. The lowest BCUT2D eigenvalue weighted by Crippen LogP contribution is -2.48. The van der Waals surface area contributed by atoms with Gasteiger partial charge in [-0.25, -0.2) is 13.6 Å². The third-order valence-electron chi connectivity index (χ3n) is 8.99. The summed E-state index contributed by atoms with van der Waals surface area (Å²) in [6.45, 7) is 15.2. The maximum atomic E-state index is 15.1. The molecule has 2 aromatic carbocycles. The number of esters is 2. The van der Waals surface area contributed by atoms with E-state index in [2.05, 4.69) is 10.6 Å². The molecular formula is C44H61F2N5O8. The summed E-state index contributed by atoms with van der Waals surface area (Å²) < 4.78 is 42.1. The first-order valence-electron chi connectivity index (χ1n) is 19.8. The van der Waals surface area contributed by atoms with E-state index in [1.165, 1.54) is 4.90 Å². The number of aliphatic hydroxyl groups is 1. The Kier molecular flexibility index (Phi) is 16.9. The number of rotatable bonds is 18. The molecule has 1 aromatic heterocycles. The van der Waals surface area contributed by atoms with Gasteiger partial charge in [-0.2, -0.15) is 0 Å². The minimum atomic E-state index is -1.14. The highest BCUT2D eigenvalue weighted by molar-refractivity contribution is 5.86. The van der Waals surface area contributed by atoms with Crippen molar-refractivity contribution in [3.8, 4) is 11.1 Å². The van der Waals surface area contributed by atoms with Crippen LogP contribution in [0.25, 0.3) is 11.1 Å². The highest BCUT2D eigenvalue weighted by Crippen LogP contribution is 2.41. The summed E-state index contributed by atoms with van der Waals surface area (Å²) in [4.78, 5) is 66.3. The molecule has 0 radical (unpaired) electrons. The number of ether oxygens (including phenoxy) is 2. The first-order valence-corrected chi connectivity index (χ1v) is 19.8. The van der Waals surface area contributed by atoms with E-state index in [-0.39, 0.29) is 44.3 Å². The third kappa shape index (κ3) is 15.5. The number of nitrogens with one attached hydrogen (secondary N) is 2. The molecule has 3 rings (SSSR count). The summed E-state index contributed by atoms with van der Waals surface area (Å²) in [5.74, 6) is -4.32. The second-order valence-electron chi connectivity index (χ2n) is 17.6. The minimum Gasteiger partial charge on any atom is -0.460 e. The molecule has 3 aromatic rings. The van der Waals surface area contributed by atoms with Gasteiger partial charge < -0.3 is 40.4 Å². The van der Waals surface area contributed by atoms with E-state index >= 15 is 4.39 Å². The van der Waals surface area contributed by atoms with Crippen LogP contribution in [0, 0.1) is 17.0 Å². The highest BCUT2D eigenvalue weighted by atomic mass is 19.1. The van der Waals surface area contributed by atoms with Crippen molar-refractivity contribution >= 4 is 29.7 Å². The summed E-state index contributed by atoms with van der Waals surface area (Å²) in [5, 5.41) is 15.3. The summed E-state index contributed by atoms with van der Waals surface area (Å²) in [6.07, 6.45) is 1.23. The molecule has 1 unspecified atom stereocenters. The molecule has 3 amide bonds. The number of nitrogens with zero attached hydrogens (tertiary/aromatic N) is 2. The van der Waals surface area contributed by atoms with Gasteiger partial charge in [-0.15, -0.1) is 0 Å².